The highest BCUT2D eigenvalue weighted by atomic mass is 16.3. The molecule has 0 amide bonds. The second-order valence-corrected chi connectivity index (χ2v) is 5.86. The Labute approximate surface area is 111 Å². The maximum atomic E-state index is 9.55. The molecule has 0 atom stereocenters. The van der Waals surface area contributed by atoms with Crippen LogP contribution in [0.5, 0.6) is 0 Å². The number of anilines is 1. The Morgan fingerprint density at radius 3 is 2.06 bits per heavy atom. The SMILES string of the molecule is Cc1nn(C)c(N(CC(C)C)CC(C)C)c1CO. The second-order valence-electron chi connectivity index (χ2n) is 5.86. The molecular formula is C14H27N3O. The van der Waals surface area contributed by atoms with Gasteiger partial charge in [0.25, 0.3) is 0 Å². The Balaban J connectivity index is 3.10. The fourth-order valence-electron chi connectivity index (χ4n) is 2.40. The molecular weight excluding hydrogens is 226 g/mol. The number of hydrogen-bond acceptors (Lipinski definition) is 3. The maximum Gasteiger partial charge on any atom is 0.132 e. The van der Waals surface area contributed by atoms with Crippen molar-refractivity contribution in [1.82, 2.24) is 9.78 Å². The summed E-state index contributed by atoms with van der Waals surface area (Å²) in [7, 11) is 1.95. The smallest absolute Gasteiger partial charge is 0.132 e. The second kappa shape index (κ2) is 6.23. The predicted molar refractivity (Wildman–Crippen MR) is 75.8 cm³/mol. The lowest BCUT2D eigenvalue weighted by Gasteiger charge is -2.29. The molecule has 1 N–H and O–H groups in total. The van der Waals surface area contributed by atoms with E-state index in [4.69, 9.17) is 0 Å². The zero-order valence-electron chi connectivity index (χ0n) is 12.6. The lowest BCUT2D eigenvalue weighted by Crippen LogP contribution is -2.33. The van der Waals surface area contributed by atoms with Crippen LogP contribution in [0.25, 0.3) is 0 Å². The molecule has 0 saturated carbocycles. The minimum absolute atomic E-state index is 0.0572. The molecule has 1 heterocycles. The average molecular weight is 253 g/mol. The minimum atomic E-state index is 0.0572. The van der Waals surface area contributed by atoms with Crippen LogP contribution in [-0.2, 0) is 13.7 Å². The summed E-state index contributed by atoms with van der Waals surface area (Å²) in [4.78, 5) is 2.35. The molecule has 4 heteroatoms. The molecule has 18 heavy (non-hydrogen) atoms. The quantitative estimate of drug-likeness (QED) is 0.846. The van der Waals surface area contributed by atoms with Crippen molar-refractivity contribution in [2.24, 2.45) is 18.9 Å². The van der Waals surface area contributed by atoms with E-state index >= 15 is 0 Å². The zero-order valence-corrected chi connectivity index (χ0v) is 12.6. The van der Waals surface area contributed by atoms with E-state index < -0.39 is 0 Å². The number of aryl methyl sites for hydroxylation is 2. The molecule has 1 rings (SSSR count). The molecule has 1 aromatic heterocycles. The molecule has 4 nitrogen and oxygen atoms in total. The van der Waals surface area contributed by atoms with Crippen LogP contribution in [0.4, 0.5) is 5.82 Å². The minimum Gasteiger partial charge on any atom is -0.391 e. The Morgan fingerprint density at radius 1 is 1.17 bits per heavy atom. The summed E-state index contributed by atoms with van der Waals surface area (Å²) in [5, 5.41) is 14.0. The Hall–Kier alpha value is -1.03. The maximum absolute atomic E-state index is 9.55. The normalized spacial score (nSPS) is 11.6. The molecule has 0 spiro atoms. The molecule has 0 radical (unpaired) electrons. The fraction of sp³-hybridized carbons (Fsp3) is 0.786. The van der Waals surface area contributed by atoms with E-state index in [9.17, 15) is 5.11 Å². The van der Waals surface area contributed by atoms with Gasteiger partial charge in [0.1, 0.15) is 5.82 Å². The van der Waals surface area contributed by atoms with Crippen LogP contribution >= 0.6 is 0 Å². The van der Waals surface area contributed by atoms with Crippen molar-refractivity contribution in [3.63, 3.8) is 0 Å². The molecule has 104 valence electrons. The van der Waals surface area contributed by atoms with Crippen LogP contribution in [0.15, 0.2) is 0 Å². The number of nitrogens with zero attached hydrogens (tertiary/aromatic N) is 3. The van der Waals surface area contributed by atoms with Crippen molar-refractivity contribution in [3.05, 3.63) is 11.3 Å². The number of aromatic nitrogens is 2. The van der Waals surface area contributed by atoms with Crippen LogP contribution in [0.2, 0.25) is 0 Å². The first-order valence-electron chi connectivity index (χ1n) is 6.75. The van der Waals surface area contributed by atoms with Crippen molar-refractivity contribution in [3.8, 4) is 0 Å². The zero-order chi connectivity index (χ0) is 13.9. The van der Waals surface area contributed by atoms with Gasteiger partial charge in [0.05, 0.1) is 12.3 Å². The van der Waals surface area contributed by atoms with Gasteiger partial charge in [-0.3, -0.25) is 4.68 Å². The highest BCUT2D eigenvalue weighted by molar-refractivity contribution is 5.50. The van der Waals surface area contributed by atoms with Gasteiger partial charge in [0.15, 0.2) is 0 Å². The van der Waals surface area contributed by atoms with E-state index in [1.807, 2.05) is 18.7 Å². The van der Waals surface area contributed by atoms with E-state index in [2.05, 4.69) is 37.7 Å². The first-order valence-corrected chi connectivity index (χ1v) is 6.75. The average Bonchev–Trinajstić information content (AvgIpc) is 2.50. The van der Waals surface area contributed by atoms with Crippen molar-refractivity contribution < 1.29 is 5.11 Å². The molecule has 0 fully saturated rings. The number of hydrogen-bond donors (Lipinski definition) is 1. The van der Waals surface area contributed by atoms with Gasteiger partial charge in [-0.15, -0.1) is 0 Å². The number of rotatable bonds is 6. The van der Waals surface area contributed by atoms with Crippen LogP contribution in [0, 0.1) is 18.8 Å². The molecule has 0 aliphatic heterocycles. The van der Waals surface area contributed by atoms with Gasteiger partial charge in [-0.05, 0) is 18.8 Å². The first-order chi connectivity index (χ1) is 8.36. The van der Waals surface area contributed by atoms with Crippen molar-refractivity contribution in [2.75, 3.05) is 18.0 Å². The molecule has 0 saturated heterocycles. The van der Waals surface area contributed by atoms with Crippen molar-refractivity contribution in [2.45, 2.75) is 41.2 Å². The summed E-state index contributed by atoms with van der Waals surface area (Å²) in [5.74, 6) is 2.24. The molecule has 0 aliphatic rings. The predicted octanol–water partition coefficient (Wildman–Crippen LogP) is 2.34. The summed E-state index contributed by atoms with van der Waals surface area (Å²) in [6, 6.07) is 0. The first kappa shape index (κ1) is 15.0. The summed E-state index contributed by atoms with van der Waals surface area (Å²) in [5.41, 5.74) is 1.88. The lowest BCUT2D eigenvalue weighted by molar-refractivity contribution is 0.281. The standard InChI is InChI=1S/C14H27N3O/c1-10(2)7-17(8-11(3)4)14-13(9-18)12(5)15-16(14)6/h10-11,18H,7-9H2,1-6H3. The van der Waals surface area contributed by atoms with E-state index in [-0.39, 0.29) is 6.61 Å². The molecule has 1 aromatic rings. The van der Waals surface area contributed by atoms with Crippen LogP contribution in [0.3, 0.4) is 0 Å². The van der Waals surface area contributed by atoms with E-state index in [0.717, 1.165) is 30.2 Å². The fourth-order valence-corrected chi connectivity index (χ4v) is 2.40. The summed E-state index contributed by atoms with van der Waals surface area (Å²) in [6.07, 6.45) is 0. The highest BCUT2D eigenvalue weighted by Crippen LogP contribution is 2.25. The van der Waals surface area contributed by atoms with Gasteiger partial charge in [-0.25, -0.2) is 0 Å². The number of aliphatic hydroxyl groups is 1. The Morgan fingerprint density at radius 2 is 1.67 bits per heavy atom. The van der Waals surface area contributed by atoms with Gasteiger partial charge < -0.3 is 10.0 Å². The molecule has 0 bridgehead atoms. The third-order valence-electron chi connectivity index (χ3n) is 2.94. The van der Waals surface area contributed by atoms with Gasteiger partial charge in [0.2, 0.25) is 0 Å². The van der Waals surface area contributed by atoms with Gasteiger partial charge in [0, 0.05) is 25.7 Å². The third kappa shape index (κ3) is 3.48. The van der Waals surface area contributed by atoms with E-state index in [1.54, 1.807) is 0 Å². The highest BCUT2D eigenvalue weighted by Gasteiger charge is 2.20. The van der Waals surface area contributed by atoms with Crippen LogP contribution in [0.1, 0.15) is 39.0 Å². The largest absolute Gasteiger partial charge is 0.391 e. The van der Waals surface area contributed by atoms with Gasteiger partial charge >= 0.3 is 0 Å². The number of aliphatic hydroxyl groups excluding tert-OH is 1. The topological polar surface area (TPSA) is 41.3 Å². The van der Waals surface area contributed by atoms with Crippen molar-refractivity contribution >= 4 is 5.82 Å². The third-order valence-corrected chi connectivity index (χ3v) is 2.94. The Kier molecular flexibility index (Phi) is 5.20. The summed E-state index contributed by atoms with van der Waals surface area (Å²) >= 11 is 0. The van der Waals surface area contributed by atoms with Crippen LogP contribution in [-0.4, -0.2) is 28.0 Å². The monoisotopic (exact) mass is 253 g/mol. The van der Waals surface area contributed by atoms with Crippen molar-refractivity contribution in [1.29, 1.82) is 0 Å². The van der Waals surface area contributed by atoms with E-state index in [0.29, 0.717) is 11.8 Å². The lowest BCUT2D eigenvalue weighted by atomic mass is 10.1. The molecule has 0 aliphatic carbocycles. The molecule has 0 unspecified atom stereocenters. The summed E-state index contributed by atoms with van der Waals surface area (Å²) < 4.78 is 1.89. The van der Waals surface area contributed by atoms with Crippen LogP contribution < -0.4 is 4.90 Å². The summed E-state index contributed by atoms with van der Waals surface area (Å²) in [6.45, 7) is 12.9. The molecule has 0 aromatic carbocycles. The van der Waals surface area contributed by atoms with E-state index in [1.165, 1.54) is 0 Å². The Bertz CT molecular complexity index is 373. The van der Waals surface area contributed by atoms with Gasteiger partial charge in [-0.2, -0.15) is 5.10 Å². The van der Waals surface area contributed by atoms with Gasteiger partial charge in [-0.1, -0.05) is 27.7 Å².